The lowest BCUT2D eigenvalue weighted by Crippen LogP contribution is -2.57. The molecular formula is C19H28BClN2O5. The molecule has 0 aromatic heterocycles. The number of aliphatic carboxylic acids is 1. The lowest BCUT2D eigenvalue weighted by Gasteiger charge is -2.40. The summed E-state index contributed by atoms with van der Waals surface area (Å²) in [5, 5.41) is 28.1. The van der Waals surface area contributed by atoms with E-state index in [1.54, 1.807) is 17.0 Å². The number of piperidine rings is 1. The van der Waals surface area contributed by atoms with Crippen LogP contribution in [0.3, 0.4) is 0 Å². The second kappa shape index (κ2) is 10.3. The summed E-state index contributed by atoms with van der Waals surface area (Å²) >= 11 is 5.86. The van der Waals surface area contributed by atoms with E-state index in [0.29, 0.717) is 43.8 Å². The number of nitrogens with zero attached hydrogens (tertiary/aromatic N) is 1. The Hall–Kier alpha value is -1.61. The lowest BCUT2D eigenvalue weighted by atomic mass is 9.74. The molecule has 1 aromatic carbocycles. The molecule has 1 unspecified atom stereocenters. The van der Waals surface area contributed by atoms with Gasteiger partial charge in [-0.15, -0.1) is 0 Å². The summed E-state index contributed by atoms with van der Waals surface area (Å²) < 4.78 is 0. The van der Waals surface area contributed by atoms with Crippen LogP contribution < -0.4 is 5.73 Å². The topological polar surface area (TPSA) is 124 Å². The Balaban J connectivity index is 1.87. The largest absolute Gasteiger partial charge is 0.480 e. The van der Waals surface area contributed by atoms with E-state index in [9.17, 15) is 14.7 Å². The molecule has 28 heavy (non-hydrogen) atoms. The number of hydrogen-bond acceptors (Lipinski definition) is 5. The molecule has 7 nitrogen and oxygen atoms in total. The molecule has 0 saturated carbocycles. The summed E-state index contributed by atoms with van der Waals surface area (Å²) in [5.74, 6) is -1.25. The van der Waals surface area contributed by atoms with E-state index in [1.165, 1.54) is 0 Å². The monoisotopic (exact) mass is 410 g/mol. The maximum atomic E-state index is 12.5. The number of carbonyl (C=O) groups is 2. The lowest BCUT2D eigenvalue weighted by molar-refractivity contribution is -0.147. The summed E-state index contributed by atoms with van der Waals surface area (Å²) in [6.07, 6.45) is 2.86. The van der Waals surface area contributed by atoms with Crippen molar-refractivity contribution >= 4 is 30.6 Å². The van der Waals surface area contributed by atoms with Gasteiger partial charge in [-0.1, -0.05) is 36.6 Å². The highest BCUT2D eigenvalue weighted by Gasteiger charge is 2.43. The van der Waals surface area contributed by atoms with E-state index < -0.39 is 18.6 Å². The first-order valence-corrected chi connectivity index (χ1v) is 10.0. The maximum Gasteiger partial charge on any atom is 0.451 e. The predicted molar refractivity (Wildman–Crippen MR) is 108 cm³/mol. The molecule has 5 N–H and O–H groups in total. The van der Waals surface area contributed by atoms with Crippen LogP contribution in [-0.4, -0.2) is 57.7 Å². The average molecular weight is 411 g/mol. The minimum atomic E-state index is -1.38. The Morgan fingerprint density at radius 2 is 1.79 bits per heavy atom. The summed E-state index contributed by atoms with van der Waals surface area (Å²) in [6.45, 7) is 0.970. The quantitative estimate of drug-likeness (QED) is 0.362. The molecule has 1 aliphatic rings. The zero-order chi connectivity index (χ0) is 20.7. The molecule has 1 fully saturated rings. The third kappa shape index (κ3) is 6.20. The van der Waals surface area contributed by atoms with E-state index in [2.05, 4.69) is 0 Å². The number of carboxylic acids is 1. The van der Waals surface area contributed by atoms with Crippen molar-refractivity contribution in [3.05, 3.63) is 34.9 Å². The molecule has 0 spiro atoms. The number of amides is 1. The number of halogens is 1. The van der Waals surface area contributed by atoms with E-state index in [4.69, 9.17) is 27.4 Å². The second-order valence-corrected chi connectivity index (χ2v) is 7.97. The van der Waals surface area contributed by atoms with Gasteiger partial charge >= 0.3 is 13.1 Å². The maximum absolute atomic E-state index is 12.5. The summed E-state index contributed by atoms with van der Waals surface area (Å²) in [4.78, 5) is 26.1. The van der Waals surface area contributed by atoms with Crippen LogP contribution in [0, 0.1) is 5.92 Å². The third-order valence-electron chi connectivity index (χ3n) is 5.55. The van der Waals surface area contributed by atoms with Crippen LogP contribution in [-0.2, 0) is 16.0 Å². The van der Waals surface area contributed by atoms with Crippen molar-refractivity contribution < 1.29 is 24.7 Å². The average Bonchev–Trinajstić information content (AvgIpc) is 2.66. The molecule has 9 heteroatoms. The van der Waals surface area contributed by atoms with Crippen LogP contribution in [0.25, 0.3) is 0 Å². The van der Waals surface area contributed by atoms with E-state index in [0.717, 1.165) is 5.56 Å². The minimum absolute atomic E-state index is 0.00986. The fraction of sp³-hybridized carbons (Fsp3) is 0.579. The third-order valence-corrected chi connectivity index (χ3v) is 5.80. The number of carboxylic acid groups (broad SMARTS) is 1. The van der Waals surface area contributed by atoms with Gasteiger partial charge in [-0.2, -0.15) is 0 Å². The molecule has 1 heterocycles. The van der Waals surface area contributed by atoms with Gasteiger partial charge in [0.15, 0.2) is 0 Å². The van der Waals surface area contributed by atoms with Crippen molar-refractivity contribution in [1.82, 2.24) is 4.90 Å². The fourth-order valence-electron chi connectivity index (χ4n) is 3.76. The molecule has 1 atom stereocenters. The number of unbranched alkanes of at least 4 members (excludes halogenated alkanes) is 1. The molecule has 1 saturated heterocycles. The number of hydrogen-bond donors (Lipinski definition) is 4. The van der Waals surface area contributed by atoms with Crippen LogP contribution in [0.15, 0.2) is 24.3 Å². The van der Waals surface area contributed by atoms with Gasteiger partial charge in [0.1, 0.15) is 5.54 Å². The minimum Gasteiger partial charge on any atom is -0.480 e. The molecule has 0 bridgehead atoms. The van der Waals surface area contributed by atoms with Crippen LogP contribution in [0.5, 0.6) is 0 Å². The molecule has 2 rings (SSSR count). The zero-order valence-electron chi connectivity index (χ0n) is 15.9. The Labute approximate surface area is 170 Å². The highest BCUT2D eigenvalue weighted by atomic mass is 35.5. The van der Waals surface area contributed by atoms with Crippen LogP contribution in [0.1, 0.15) is 37.7 Å². The first-order chi connectivity index (χ1) is 13.2. The van der Waals surface area contributed by atoms with Gasteiger partial charge in [0.25, 0.3) is 0 Å². The number of rotatable bonds is 9. The number of nitrogens with two attached hydrogens (primary N) is 1. The van der Waals surface area contributed by atoms with E-state index in [1.807, 2.05) is 12.1 Å². The summed E-state index contributed by atoms with van der Waals surface area (Å²) in [7, 11) is -1.38. The van der Waals surface area contributed by atoms with Gasteiger partial charge in [-0.25, -0.2) is 0 Å². The highest BCUT2D eigenvalue weighted by Crippen LogP contribution is 2.31. The summed E-state index contributed by atoms with van der Waals surface area (Å²) in [6, 6.07) is 7.15. The van der Waals surface area contributed by atoms with Gasteiger partial charge in [-0.3, -0.25) is 9.59 Å². The Morgan fingerprint density at radius 3 is 2.32 bits per heavy atom. The molecule has 1 aliphatic heterocycles. The molecule has 1 aromatic rings. The van der Waals surface area contributed by atoms with Crippen molar-refractivity contribution in [3.8, 4) is 0 Å². The fourth-order valence-corrected chi connectivity index (χ4v) is 3.89. The normalized spacial score (nSPS) is 17.2. The smallest absolute Gasteiger partial charge is 0.451 e. The Morgan fingerprint density at radius 1 is 1.18 bits per heavy atom. The molecular weight excluding hydrogens is 382 g/mol. The number of benzene rings is 1. The van der Waals surface area contributed by atoms with Gasteiger partial charge in [0, 0.05) is 18.1 Å². The number of likely N-dealkylation sites (tertiary alicyclic amines) is 1. The first kappa shape index (κ1) is 22.7. The van der Waals surface area contributed by atoms with Gasteiger partial charge < -0.3 is 25.8 Å². The van der Waals surface area contributed by atoms with Crippen molar-refractivity contribution in [2.24, 2.45) is 11.7 Å². The Bertz CT molecular complexity index is 665. The number of carbonyl (C=O) groups excluding carboxylic acids is 1. The van der Waals surface area contributed by atoms with E-state index >= 15 is 0 Å². The molecule has 1 amide bonds. The highest BCUT2D eigenvalue weighted by molar-refractivity contribution is 6.40. The van der Waals surface area contributed by atoms with Gasteiger partial charge in [0.05, 0.1) is 6.42 Å². The standard InChI is InChI=1S/C19H28BClN2O5/c21-16-5-3-14(4-6-16)13-17(24)23-11-7-15(8-12-23)19(22,18(25)26)9-1-2-10-20(27)28/h3-6,15,27-28H,1-2,7-13,22H2,(H,25,26). The Kier molecular flexibility index (Phi) is 8.30. The SMILES string of the molecule is NC(CCCCB(O)O)(C(=O)O)C1CCN(C(=O)Cc2ccc(Cl)cc2)CC1. The molecule has 0 aliphatic carbocycles. The summed E-state index contributed by atoms with van der Waals surface area (Å²) in [5.41, 5.74) is 5.79. The van der Waals surface area contributed by atoms with Crippen LogP contribution >= 0.6 is 11.6 Å². The van der Waals surface area contributed by atoms with Crippen molar-refractivity contribution in [1.29, 1.82) is 0 Å². The predicted octanol–water partition coefficient (Wildman–Crippen LogP) is 1.55. The van der Waals surface area contributed by atoms with Crippen LogP contribution in [0.4, 0.5) is 0 Å². The van der Waals surface area contributed by atoms with Crippen molar-refractivity contribution in [2.45, 2.75) is 50.4 Å². The second-order valence-electron chi connectivity index (χ2n) is 7.53. The van der Waals surface area contributed by atoms with Crippen LogP contribution in [0.2, 0.25) is 11.3 Å². The zero-order valence-corrected chi connectivity index (χ0v) is 16.6. The first-order valence-electron chi connectivity index (χ1n) is 9.63. The van der Waals surface area contributed by atoms with Crippen molar-refractivity contribution in [3.63, 3.8) is 0 Å². The van der Waals surface area contributed by atoms with Gasteiger partial charge in [-0.05, 0) is 49.2 Å². The molecule has 0 radical (unpaired) electrons. The van der Waals surface area contributed by atoms with E-state index in [-0.39, 0.29) is 31.0 Å². The van der Waals surface area contributed by atoms with Gasteiger partial charge in [0.2, 0.25) is 5.91 Å². The molecule has 154 valence electrons. The van der Waals surface area contributed by atoms with Crippen molar-refractivity contribution in [2.75, 3.05) is 13.1 Å².